The zero-order valence-electron chi connectivity index (χ0n) is 11.4. The van der Waals surface area contributed by atoms with Crippen molar-refractivity contribution in [1.82, 2.24) is 0 Å². The number of benzene rings is 3. The number of hydrogen-bond acceptors (Lipinski definition) is 2. The standard InChI is InChI=1S/C19H13NO/c20-14-13-18(16-8-2-1-3-9-16)21-19-12-6-10-15-7-4-5-11-17(15)19/h1-13H/b18-13-. The fraction of sp³-hybridized carbons (Fsp3) is 0. The minimum Gasteiger partial charge on any atom is -0.455 e. The van der Waals surface area contributed by atoms with Gasteiger partial charge in [0.25, 0.3) is 0 Å². The van der Waals surface area contributed by atoms with Crippen LogP contribution in [0.15, 0.2) is 78.9 Å². The van der Waals surface area contributed by atoms with E-state index < -0.39 is 0 Å². The highest BCUT2D eigenvalue weighted by Gasteiger charge is 2.07. The maximum Gasteiger partial charge on any atom is 0.145 e. The molecule has 0 atom stereocenters. The summed E-state index contributed by atoms with van der Waals surface area (Å²) in [4.78, 5) is 0. The van der Waals surface area contributed by atoms with Crippen LogP contribution in [0.5, 0.6) is 5.75 Å². The van der Waals surface area contributed by atoms with Gasteiger partial charge in [0.05, 0.1) is 12.1 Å². The molecule has 0 aliphatic rings. The molecule has 2 heteroatoms. The van der Waals surface area contributed by atoms with Crippen LogP contribution in [0.4, 0.5) is 0 Å². The Morgan fingerprint density at radius 3 is 2.38 bits per heavy atom. The second kappa shape index (κ2) is 5.94. The summed E-state index contributed by atoms with van der Waals surface area (Å²) in [6, 6.07) is 25.6. The molecular formula is C19H13NO. The van der Waals surface area contributed by atoms with Crippen LogP contribution in [0.3, 0.4) is 0 Å². The van der Waals surface area contributed by atoms with Gasteiger partial charge in [0, 0.05) is 10.9 Å². The first-order valence-electron chi connectivity index (χ1n) is 6.69. The molecule has 0 heterocycles. The third-order valence-electron chi connectivity index (χ3n) is 3.22. The van der Waals surface area contributed by atoms with Crippen molar-refractivity contribution < 1.29 is 4.74 Å². The van der Waals surface area contributed by atoms with E-state index in [1.165, 1.54) is 6.08 Å². The molecule has 0 spiro atoms. The molecule has 0 amide bonds. The molecule has 0 radical (unpaired) electrons. The molecule has 0 N–H and O–H groups in total. The average Bonchev–Trinajstić information content (AvgIpc) is 2.55. The molecule has 0 aliphatic heterocycles. The number of nitriles is 1. The third-order valence-corrected chi connectivity index (χ3v) is 3.22. The zero-order valence-corrected chi connectivity index (χ0v) is 11.4. The van der Waals surface area contributed by atoms with Crippen LogP contribution >= 0.6 is 0 Å². The molecular weight excluding hydrogens is 258 g/mol. The molecule has 21 heavy (non-hydrogen) atoms. The Morgan fingerprint density at radius 1 is 0.857 bits per heavy atom. The van der Waals surface area contributed by atoms with E-state index in [9.17, 15) is 0 Å². The topological polar surface area (TPSA) is 33.0 Å². The van der Waals surface area contributed by atoms with Crippen molar-refractivity contribution in [3.8, 4) is 11.8 Å². The minimum atomic E-state index is 0.550. The highest BCUT2D eigenvalue weighted by molar-refractivity contribution is 5.89. The van der Waals surface area contributed by atoms with Crippen molar-refractivity contribution in [2.24, 2.45) is 0 Å². The minimum absolute atomic E-state index is 0.550. The highest BCUT2D eigenvalue weighted by atomic mass is 16.5. The summed E-state index contributed by atoms with van der Waals surface area (Å²) < 4.78 is 5.99. The van der Waals surface area contributed by atoms with E-state index in [0.29, 0.717) is 5.76 Å². The number of allylic oxidation sites excluding steroid dienone is 1. The van der Waals surface area contributed by atoms with Crippen LogP contribution in [0.1, 0.15) is 5.56 Å². The summed E-state index contributed by atoms with van der Waals surface area (Å²) in [6.07, 6.45) is 1.43. The molecule has 0 bridgehead atoms. The molecule has 0 saturated carbocycles. The van der Waals surface area contributed by atoms with Gasteiger partial charge >= 0.3 is 0 Å². The van der Waals surface area contributed by atoms with Gasteiger partial charge < -0.3 is 4.74 Å². The Morgan fingerprint density at radius 2 is 1.57 bits per heavy atom. The van der Waals surface area contributed by atoms with Gasteiger partial charge in [-0.05, 0) is 11.5 Å². The van der Waals surface area contributed by atoms with E-state index in [1.807, 2.05) is 78.9 Å². The molecule has 3 rings (SSSR count). The molecule has 2 nitrogen and oxygen atoms in total. The van der Waals surface area contributed by atoms with Crippen LogP contribution in [0.25, 0.3) is 16.5 Å². The Hall–Kier alpha value is -3.05. The second-order valence-corrected chi connectivity index (χ2v) is 4.58. The van der Waals surface area contributed by atoms with Gasteiger partial charge in [-0.2, -0.15) is 5.26 Å². The predicted octanol–water partition coefficient (Wildman–Crippen LogP) is 4.78. The number of nitrogens with zero attached hydrogens (tertiary/aromatic N) is 1. The van der Waals surface area contributed by atoms with Gasteiger partial charge in [0.15, 0.2) is 0 Å². The number of ether oxygens (including phenoxy) is 1. The van der Waals surface area contributed by atoms with Crippen LogP contribution < -0.4 is 4.74 Å². The highest BCUT2D eigenvalue weighted by Crippen LogP contribution is 2.29. The van der Waals surface area contributed by atoms with Gasteiger partial charge in [-0.3, -0.25) is 0 Å². The van der Waals surface area contributed by atoms with E-state index >= 15 is 0 Å². The molecule has 0 aromatic heterocycles. The van der Waals surface area contributed by atoms with E-state index in [4.69, 9.17) is 10.00 Å². The summed E-state index contributed by atoms with van der Waals surface area (Å²) in [6.45, 7) is 0. The van der Waals surface area contributed by atoms with Crippen molar-refractivity contribution >= 4 is 16.5 Å². The molecule has 0 fully saturated rings. The SMILES string of the molecule is N#C/C=C(\Oc1cccc2ccccc12)c1ccccc1. The smallest absolute Gasteiger partial charge is 0.145 e. The van der Waals surface area contributed by atoms with Crippen molar-refractivity contribution in [2.45, 2.75) is 0 Å². The van der Waals surface area contributed by atoms with Gasteiger partial charge in [0.1, 0.15) is 11.5 Å². The van der Waals surface area contributed by atoms with Gasteiger partial charge in [-0.1, -0.05) is 66.7 Å². The fourth-order valence-electron chi connectivity index (χ4n) is 2.24. The zero-order chi connectivity index (χ0) is 14.5. The number of fused-ring (bicyclic) bond motifs is 1. The quantitative estimate of drug-likeness (QED) is 0.507. The lowest BCUT2D eigenvalue weighted by Gasteiger charge is -2.11. The van der Waals surface area contributed by atoms with Crippen molar-refractivity contribution in [1.29, 1.82) is 5.26 Å². The number of hydrogen-bond donors (Lipinski definition) is 0. The average molecular weight is 271 g/mol. The lowest BCUT2D eigenvalue weighted by atomic mass is 10.1. The van der Waals surface area contributed by atoms with Crippen LogP contribution in [0.2, 0.25) is 0 Å². The van der Waals surface area contributed by atoms with Gasteiger partial charge in [-0.15, -0.1) is 0 Å². The second-order valence-electron chi connectivity index (χ2n) is 4.58. The first-order valence-corrected chi connectivity index (χ1v) is 6.69. The van der Waals surface area contributed by atoms with Crippen LogP contribution in [0, 0.1) is 11.3 Å². The first-order chi connectivity index (χ1) is 10.4. The molecule has 3 aromatic carbocycles. The summed E-state index contributed by atoms with van der Waals surface area (Å²) in [5.41, 5.74) is 0.881. The van der Waals surface area contributed by atoms with Gasteiger partial charge in [0.2, 0.25) is 0 Å². The van der Waals surface area contributed by atoms with Crippen molar-refractivity contribution in [3.63, 3.8) is 0 Å². The Bertz CT molecular complexity index is 824. The van der Waals surface area contributed by atoms with E-state index in [0.717, 1.165) is 22.1 Å². The fourth-order valence-corrected chi connectivity index (χ4v) is 2.24. The molecule has 0 unspecified atom stereocenters. The lowest BCUT2D eigenvalue weighted by Crippen LogP contribution is -1.95. The summed E-state index contributed by atoms with van der Waals surface area (Å²) in [5.74, 6) is 1.30. The Labute approximate surface area is 123 Å². The van der Waals surface area contributed by atoms with Crippen molar-refractivity contribution in [3.05, 3.63) is 84.4 Å². The first kappa shape index (κ1) is 13.0. The van der Waals surface area contributed by atoms with Gasteiger partial charge in [-0.25, -0.2) is 0 Å². The largest absolute Gasteiger partial charge is 0.455 e. The van der Waals surface area contributed by atoms with E-state index in [2.05, 4.69) is 0 Å². The van der Waals surface area contributed by atoms with E-state index in [1.54, 1.807) is 0 Å². The summed E-state index contributed by atoms with van der Waals surface area (Å²) in [5, 5.41) is 11.1. The Kier molecular flexibility index (Phi) is 3.66. The molecule has 3 aromatic rings. The van der Waals surface area contributed by atoms with Crippen LogP contribution in [-0.4, -0.2) is 0 Å². The maximum absolute atomic E-state index is 8.98. The molecule has 0 saturated heterocycles. The molecule has 100 valence electrons. The lowest BCUT2D eigenvalue weighted by molar-refractivity contribution is 0.521. The van der Waals surface area contributed by atoms with E-state index in [-0.39, 0.29) is 0 Å². The maximum atomic E-state index is 8.98. The van der Waals surface area contributed by atoms with Crippen LogP contribution in [-0.2, 0) is 0 Å². The normalized spacial score (nSPS) is 11.1. The van der Waals surface area contributed by atoms with Crippen molar-refractivity contribution in [2.75, 3.05) is 0 Å². The predicted molar refractivity (Wildman–Crippen MR) is 84.6 cm³/mol. The summed E-state index contributed by atoms with van der Waals surface area (Å²) in [7, 11) is 0. The third kappa shape index (κ3) is 2.77. The summed E-state index contributed by atoms with van der Waals surface area (Å²) >= 11 is 0. The molecule has 0 aliphatic carbocycles. The number of rotatable bonds is 3. The Balaban J connectivity index is 2.04. The monoisotopic (exact) mass is 271 g/mol.